The Kier molecular flexibility index (Phi) is 5.19. The number of hydrogen-bond donors (Lipinski definition) is 2. The molecule has 0 spiro atoms. The molecule has 2 aliphatic rings. The highest BCUT2D eigenvalue weighted by atomic mass is 16.2. The van der Waals surface area contributed by atoms with Crippen molar-refractivity contribution < 1.29 is 14.5 Å². The van der Waals surface area contributed by atoms with Crippen molar-refractivity contribution >= 4 is 17.4 Å². The maximum atomic E-state index is 12.1. The van der Waals surface area contributed by atoms with Crippen LogP contribution in [0, 0.1) is 5.92 Å². The van der Waals surface area contributed by atoms with Gasteiger partial charge in [-0.1, -0.05) is 0 Å². The number of amides is 1. The van der Waals surface area contributed by atoms with Crippen LogP contribution in [0.2, 0.25) is 0 Å². The fourth-order valence-corrected chi connectivity index (χ4v) is 3.41. The van der Waals surface area contributed by atoms with E-state index in [1.54, 1.807) is 6.92 Å². The molecule has 2 fully saturated rings. The van der Waals surface area contributed by atoms with Crippen LogP contribution in [0.15, 0.2) is 24.3 Å². The van der Waals surface area contributed by atoms with Crippen LogP contribution in [0.25, 0.3) is 0 Å². The van der Waals surface area contributed by atoms with Crippen molar-refractivity contribution in [1.82, 2.24) is 5.32 Å². The average Bonchev–Trinajstić information content (AvgIpc) is 3.40. The van der Waals surface area contributed by atoms with Gasteiger partial charge in [0.05, 0.1) is 26.2 Å². The zero-order valence-corrected chi connectivity index (χ0v) is 14.7. The van der Waals surface area contributed by atoms with E-state index in [4.69, 9.17) is 0 Å². The Morgan fingerprint density at radius 3 is 2.38 bits per heavy atom. The molecule has 0 aromatic heterocycles. The summed E-state index contributed by atoms with van der Waals surface area (Å²) in [5.74, 6) is 0.990. The van der Waals surface area contributed by atoms with Crippen LogP contribution < -0.4 is 15.1 Å². The number of anilines is 1. The minimum atomic E-state index is 0.0993. The highest BCUT2D eigenvalue weighted by molar-refractivity contribution is 5.94. The van der Waals surface area contributed by atoms with Crippen molar-refractivity contribution in [3.05, 3.63) is 29.8 Å². The molecular formula is C19H28N3O2+. The number of nitrogens with one attached hydrogen (secondary N) is 2. The molecule has 1 aliphatic heterocycles. The number of Topliss-reactive ketones (excluding diaryl/α,β-unsaturated/α-hetero) is 1. The van der Waals surface area contributed by atoms with Crippen LogP contribution in [-0.4, -0.2) is 50.5 Å². The SMILES string of the molecule is CC(=O)c1ccc(N2CC[NH+](CC(=O)N[C@H](C)C3CC3)CC2)cc1. The molecule has 1 aromatic carbocycles. The number of nitrogens with zero attached hydrogens (tertiary/aromatic N) is 1. The minimum Gasteiger partial charge on any atom is -0.360 e. The Morgan fingerprint density at radius 1 is 1.21 bits per heavy atom. The van der Waals surface area contributed by atoms with Gasteiger partial charge in [-0.2, -0.15) is 0 Å². The molecule has 1 amide bonds. The zero-order chi connectivity index (χ0) is 17.1. The second-order valence-electron chi connectivity index (χ2n) is 7.21. The lowest BCUT2D eigenvalue weighted by Gasteiger charge is -2.33. The molecule has 24 heavy (non-hydrogen) atoms. The second kappa shape index (κ2) is 7.34. The third-order valence-corrected chi connectivity index (χ3v) is 5.24. The van der Waals surface area contributed by atoms with Gasteiger partial charge in [0.25, 0.3) is 5.91 Å². The molecule has 3 rings (SSSR count). The topological polar surface area (TPSA) is 53.9 Å². The molecule has 5 heteroatoms. The Labute approximate surface area is 144 Å². The number of rotatable bonds is 6. The van der Waals surface area contributed by atoms with Crippen molar-refractivity contribution in [1.29, 1.82) is 0 Å². The summed E-state index contributed by atoms with van der Waals surface area (Å²) in [6.45, 7) is 8.12. The Bertz CT molecular complexity index is 587. The summed E-state index contributed by atoms with van der Waals surface area (Å²) >= 11 is 0. The zero-order valence-electron chi connectivity index (χ0n) is 14.7. The molecule has 1 saturated carbocycles. The van der Waals surface area contributed by atoms with Gasteiger partial charge >= 0.3 is 0 Å². The maximum Gasteiger partial charge on any atom is 0.275 e. The summed E-state index contributed by atoms with van der Waals surface area (Å²) in [4.78, 5) is 27.2. The standard InChI is InChI=1S/C19H27N3O2/c1-14(16-3-4-16)20-19(24)13-21-9-11-22(12-10-21)18-7-5-17(6-8-18)15(2)23/h5-8,14,16H,3-4,9-13H2,1-2H3,(H,20,24)/p+1/t14-/m1/s1. The van der Waals surface area contributed by atoms with Crippen molar-refractivity contribution in [2.24, 2.45) is 5.92 Å². The summed E-state index contributed by atoms with van der Waals surface area (Å²) in [7, 11) is 0. The molecule has 1 atom stereocenters. The van der Waals surface area contributed by atoms with E-state index in [2.05, 4.69) is 17.1 Å². The predicted octanol–water partition coefficient (Wildman–Crippen LogP) is 0.509. The second-order valence-corrected chi connectivity index (χ2v) is 7.21. The number of piperazine rings is 1. The maximum absolute atomic E-state index is 12.1. The Morgan fingerprint density at radius 2 is 1.83 bits per heavy atom. The Balaban J connectivity index is 1.44. The fourth-order valence-electron chi connectivity index (χ4n) is 3.41. The van der Waals surface area contributed by atoms with Crippen LogP contribution in [-0.2, 0) is 4.79 Å². The fraction of sp³-hybridized carbons (Fsp3) is 0.579. The van der Waals surface area contributed by atoms with Crippen molar-refractivity contribution in [3.63, 3.8) is 0 Å². The molecule has 0 bridgehead atoms. The summed E-state index contributed by atoms with van der Waals surface area (Å²) in [5.41, 5.74) is 1.91. The normalized spacial score (nSPS) is 19.8. The van der Waals surface area contributed by atoms with E-state index in [9.17, 15) is 9.59 Å². The van der Waals surface area contributed by atoms with Gasteiger partial charge in [-0.25, -0.2) is 0 Å². The van der Waals surface area contributed by atoms with E-state index in [1.807, 2.05) is 24.3 Å². The third-order valence-electron chi connectivity index (χ3n) is 5.24. The van der Waals surface area contributed by atoms with Crippen LogP contribution in [0.5, 0.6) is 0 Å². The van der Waals surface area contributed by atoms with Crippen LogP contribution >= 0.6 is 0 Å². The molecule has 2 N–H and O–H groups in total. The number of hydrogen-bond acceptors (Lipinski definition) is 3. The van der Waals surface area contributed by atoms with Crippen LogP contribution in [0.4, 0.5) is 5.69 Å². The van der Waals surface area contributed by atoms with Gasteiger partial charge in [0.2, 0.25) is 0 Å². The van der Waals surface area contributed by atoms with Gasteiger partial charge < -0.3 is 15.1 Å². The summed E-state index contributed by atoms with van der Waals surface area (Å²) in [6, 6.07) is 8.16. The molecule has 1 aliphatic carbocycles. The van der Waals surface area contributed by atoms with Crippen LogP contribution in [0.1, 0.15) is 37.0 Å². The molecule has 0 radical (unpaired) electrons. The highest BCUT2D eigenvalue weighted by Crippen LogP contribution is 2.32. The predicted molar refractivity (Wildman–Crippen MR) is 94.6 cm³/mol. The average molecular weight is 330 g/mol. The van der Waals surface area contributed by atoms with E-state index < -0.39 is 0 Å². The number of quaternary nitrogens is 1. The van der Waals surface area contributed by atoms with E-state index in [-0.39, 0.29) is 11.7 Å². The van der Waals surface area contributed by atoms with Gasteiger partial charge in [-0.05, 0) is 56.9 Å². The number of ketones is 1. The van der Waals surface area contributed by atoms with Gasteiger partial charge in [0.1, 0.15) is 0 Å². The van der Waals surface area contributed by atoms with Gasteiger partial charge in [-0.3, -0.25) is 9.59 Å². The third kappa shape index (κ3) is 4.35. The molecule has 1 aromatic rings. The Hall–Kier alpha value is -1.88. The van der Waals surface area contributed by atoms with E-state index in [0.717, 1.165) is 37.4 Å². The minimum absolute atomic E-state index is 0.0993. The molecule has 0 unspecified atom stereocenters. The first-order valence-electron chi connectivity index (χ1n) is 9.02. The molecular weight excluding hydrogens is 302 g/mol. The number of benzene rings is 1. The van der Waals surface area contributed by atoms with Crippen molar-refractivity contribution in [3.8, 4) is 0 Å². The summed E-state index contributed by atoms with van der Waals surface area (Å²) < 4.78 is 0. The number of carbonyl (C=O) groups excluding carboxylic acids is 2. The highest BCUT2D eigenvalue weighted by Gasteiger charge is 2.30. The monoisotopic (exact) mass is 330 g/mol. The van der Waals surface area contributed by atoms with E-state index in [1.165, 1.54) is 17.7 Å². The molecule has 1 saturated heterocycles. The lowest BCUT2D eigenvalue weighted by Crippen LogP contribution is -3.16. The van der Waals surface area contributed by atoms with Crippen molar-refractivity contribution in [2.75, 3.05) is 37.6 Å². The van der Waals surface area contributed by atoms with Gasteiger partial charge in [0, 0.05) is 17.3 Å². The van der Waals surface area contributed by atoms with Crippen molar-refractivity contribution in [2.45, 2.75) is 32.7 Å². The van der Waals surface area contributed by atoms with Gasteiger partial charge in [-0.15, -0.1) is 0 Å². The first kappa shape index (κ1) is 17.0. The lowest BCUT2D eigenvalue weighted by molar-refractivity contribution is -0.892. The summed E-state index contributed by atoms with van der Waals surface area (Å²) in [6.07, 6.45) is 2.52. The van der Waals surface area contributed by atoms with E-state index in [0.29, 0.717) is 18.5 Å². The molecule has 130 valence electrons. The largest absolute Gasteiger partial charge is 0.360 e. The quantitative estimate of drug-likeness (QED) is 0.747. The number of carbonyl (C=O) groups is 2. The molecule has 5 nitrogen and oxygen atoms in total. The smallest absolute Gasteiger partial charge is 0.275 e. The van der Waals surface area contributed by atoms with E-state index >= 15 is 0 Å². The summed E-state index contributed by atoms with van der Waals surface area (Å²) in [5, 5.41) is 3.14. The van der Waals surface area contributed by atoms with Gasteiger partial charge in [0.15, 0.2) is 12.3 Å². The first-order valence-corrected chi connectivity index (χ1v) is 9.02. The van der Waals surface area contributed by atoms with Crippen LogP contribution in [0.3, 0.4) is 0 Å². The first-order chi connectivity index (χ1) is 11.5. The lowest BCUT2D eigenvalue weighted by atomic mass is 10.1. The molecule has 1 heterocycles.